The Morgan fingerprint density at radius 2 is 1.75 bits per heavy atom. The molecule has 6 heteroatoms. The van der Waals surface area contributed by atoms with Crippen molar-refractivity contribution >= 4 is 26.3 Å². The zero-order chi connectivity index (χ0) is 9.41. The van der Waals surface area contributed by atoms with Gasteiger partial charge >= 0.3 is 6.95 Å². The van der Waals surface area contributed by atoms with Gasteiger partial charge in [0.25, 0.3) is 0 Å². The summed E-state index contributed by atoms with van der Waals surface area (Å²) >= 11 is 5.41. The van der Waals surface area contributed by atoms with Gasteiger partial charge in [-0.3, -0.25) is 9.05 Å². The van der Waals surface area contributed by atoms with Crippen LogP contribution in [0.15, 0.2) is 0 Å². The van der Waals surface area contributed by atoms with Gasteiger partial charge in [-0.15, -0.1) is 0 Å². The van der Waals surface area contributed by atoms with Crippen LogP contribution < -0.4 is 0 Å². The highest BCUT2D eigenvalue weighted by atomic mass is 35.7. The molecule has 0 aromatic rings. The minimum absolute atomic E-state index is 0.401. The maximum Gasteiger partial charge on any atom is 0.424 e. The topological polar surface area (TPSA) is 35.5 Å². The van der Waals surface area contributed by atoms with Gasteiger partial charge in [-0.1, -0.05) is 19.6 Å². The Hall–Kier alpha value is 0.657. The summed E-state index contributed by atoms with van der Waals surface area (Å²) in [7, 11) is -1.25. The fourth-order valence-electron chi connectivity index (χ4n) is 0.943. The Kier molecular flexibility index (Phi) is 3.07. The van der Waals surface area contributed by atoms with Crippen molar-refractivity contribution < 1.29 is 13.6 Å². The lowest BCUT2D eigenvalue weighted by atomic mass is 10.5. The van der Waals surface area contributed by atoms with Gasteiger partial charge in [0.1, 0.15) is 0 Å². The van der Waals surface area contributed by atoms with Crippen LogP contribution in [0, 0.1) is 0 Å². The molecule has 72 valence electrons. The van der Waals surface area contributed by atoms with E-state index in [0.29, 0.717) is 18.8 Å². The summed E-state index contributed by atoms with van der Waals surface area (Å²) < 4.78 is 20.9. The molecule has 0 spiro atoms. The fourth-order valence-corrected chi connectivity index (χ4v) is 3.52. The lowest BCUT2D eigenvalue weighted by Crippen LogP contribution is -2.35. The van der Waals surface area contributed by atoms with Crippen molar-refractivity contribution in [3.63, 3.8) is 0 Å². The van der Waals surface area contributed by atoms with Crippen LogP contribution in [0.2, 0.25) is 25.2 Å². The van der Waals surface area contributed by atoms with Crippen molar-refractivity contribution in [3.05, 3.63) is 0 Å². The quantitative estimate of drug-likeness (QED) is 0.511. The second kappa shape index (κ2) is 3.43. The van der Waals surface area contributed by atoms with Gasteiger partial charge < -0.3 is 0 Å². The second-order valence-electron chi connectivity index (χ2n) is 4.09. The molecule has 1 saturated heterocycles. The average molecular weight is 229 g/mol. The van der Waals surface area contributed by atoms with Crippen molar-refractivity contribution in [2.75, 3.05) is 13.2 Å². The SMILES string of the molecule is C[Si](C)(C)C1COP(=O)(Cl)OC1. The summed E-state index contributed by atoms with van der Waals surface area (Å²) in [5.41, 5.74) is 0.401. The monoisotopic (exact) mass is 228 g/mol. The number of halogens is 1. The van der Waals surface area contributed by atoms with Crippen LogP contribution >= 0.6 is 18.2 Å². The summed E-state index contributed by atoms with van der Waals surface area (Å²) in [6.07, 6.45) is 0. The van der Waals surface area contributed by atoms with Crippen LogP contribution in [0.1, 0.15) is 0 Å². The standard InChI is InChI=1S/C6H14ClO3PSi/c1-12(2,3)6-4-9-11(7,8)10-5-6/h6H,4-5H2,1-3H3. The predicted octanol–water partition coefficient (Wildman–Crippen LogP) is 3.09. The minimum atomic E-state index is -3.20. The van der Waals surface area contributed by atoms with Gasteiger partial charge in [0.2, 0.25) is 0 Å². The van der Waals surface area contributed by atoms with E-state index in [2.05, 4.69) is 19.6 Å². The van der Waals surface area contributed by atoms with Crippen LogP contribution in [-0.4, -0.2) is 21.3 Å². The molecule has 3 nitrogen and oxygen atoms in total. The van der Waals surface area contributed by atoms with Crippen LogP contribution in [0.4, 0.5) is 0 Å². The molecule has 1 rings (SSSR count). The molecule has 0 bridgehead atoms. The lowest BCUT2D eigenvalue weighted by molar-refractivity contribution is 0.156. The second-order valence-corrected chi connectivity index (χ2v) is 12.3. The summed E-state index contributed by atoms with van der Waals surface area (Å²) in [5, 5.41) is 0. The first-order chi connectivity index (χ1) is 5.31. The number of hydrogen-bond acceptors (Lipinski definition) is 3. The van der Waals surface area contributed by atoms with Crippen molar-refractivity contribution in [1.82, 2.24) is 0 Å². The van der Waals surface area contributed by atoms with E-state index in [1.54, 1.807) is 0 Å². The highest BCUT2D eigenvalue weighted by molar-refractivity contribution is 7.81. The highest BCUT2D eigenvalue weighted by Gasteiger charge is 2.36. The van der Waals surface area contributed by atoms with Crippen LogP contribution in [-0.2, 0) is 13.6 Å². The van der Waals surface area contributed by atoms with Gasteiger partial charge in [0.15, 0.2) is 0 Å². The first kappa shape index (κ1) is 10.7. The van der Waals surface area contributed by atoms with E-state index >= 15 is 0 Å². The molecule has 1 fully saturated rings. The third-order valence-corrected chi connectivity index (χ3v) is 6.37. The zero-order valence-corrected chi connectivity index (χ0v) is 10.2. The molecule has 0 radical (unpaired) electrons. The molecule has 1 aliphatic rings. The van der Waals surface area contributed by atoms with Gasteiger partial charge in [-0.05, 0) is 0 Å². The summed E-state index contributed by atoms with van der Waals surface area (Å²) in [6.45, 7) is 4.46. The molecule has 12 heavy (non-hydrogen) atoms. The molecule has 0 aromatic heterocycles. The molecular weight excluding hydrogens is 215 g/mol. The van der Waals surface area contributed by atoms with Gasteiger partial charge in [0.05, 0.1) is 21.3 Å². The molecule has 0 unspecified atom stereocenters. The van der Waals surface area contributed by atoms with Crippen molar-refractivity contribution in [1.29, 1.82) is 0 Å². The van der Waals surface area contributed by atoms with Gasteiger partial charge in [-0.25, -0.2) is 4.57 Å². The first-order valence-electron chi connectivity index (χ1n) is 3.90. The van der Waals surface area contributed by atoms with Crippen molar-refractivity contribution in [3.8, 4) is 0 Å². The number of hydrogen-bond donors (Lipinski definition) is 0. The summed E-state index contributed by atoms with van der Waals surface area (Å²) in [6, 6.07) is 0. The third kappa shape index (κ3) is 2.86. The van der Waals surface area contributed by atoms with Crippen LogP contribution in [0.5, 0.6) is 0 Å². The maximum absolute atomic E-state index is 11.0. The van der Waals surface area contributed by atoms with E-state index < -0.39 is 15.0 Å². The molecule has 0 amide bonds. The van der Waals surface area contributed by atoms with E-state index in [1.807, 2.05) is 0 Å². The third-order valence-electron chi connectivity index (χ3n) is 2.08. The number of rotatable bonds is 1. The van der Waals surface area contributed by atoms with Gasteiger partial charge in [-0.2, -0.15) is 0 Å². The summed E-state index contributed by atoms with van der Waals surface area (Å²) in [4.78, 5) is 0. The maximum atomic E-state index is 11.0. The highest BCUT2D eigenvalue weighted by Crippen LogP contribution is 2.57. The zero-order valence-electron chi connectivity index (χ0n) is 7.54. The van der Waals surface area contributed by atoms with E-state index in [0.717, 1.165) is 0 Å². The predicted molar refractivity (Wildman–Crippen MR) is 52.5 cm³/mol. The Labute approximate surface area is 78.7 Å². The molecular formula is C6H14ClO3PSi. The van der Waals surface area contributed by atoms with Gasteiger partial charge in [0, 0.05) is 16.8 Å². The molecule has 0 saturated carbocycles. The van der Waals surface area contributed by atoms with Crippen molar-refractivity contribution in [2.24, 2.45) is 0 Å². The van der Waals surface area contributed by atoms with E-state index in [1.165, 1.54) is 0 Å². The van der Waals surface area contributed by atoms with Crippen LogP contribution in [0.25, 0.3) is 0 Å². The molecule has 0 atom stereocenters. The van der Waals surface area contributed by atoms with Crippen LogP contribution in [0.3, 0.4) is 0 Å². The van der Waals surface area contributed by atoms with E-state index in [4.69, 9.17) is 20.3 Å². The Bertz CT molecular complexity index is 203. The average Bonchev–Trinajstić information content (AvgIpc) is 1.83. The van der Waals surface area contributed by atoms with Crippen molar-refractivity contribution in [2.45, 2.75) is 25.2 Å². The Morgan fingerprint density at radius 1 is 1.33 bits per heavy atom. The summed E-state index contributed by atoms with van der Waals surface area (Å²) in [5.74, 6) is 0. The fraction of sp³-hybridized carbons (Fsp3) is 1.00. The lowest BCUT2D eigenvalue weighted by Gasteiger charge is -2.33. The van der Waals surface area contributed by atoms with E-state index in [-0.39, 0.29) is 0 Å². The van der Waals surface area contributed by atoms with E-state index in [9.17, 15) is 4.57 Å². The molecule has 1 heterocycles. The minimum Gasteiger partial charge on any atom is -0.297 e. The molecule has 1 aliphatic heterocycles. The smallest absolute Gasteiger partial charge is 0.297 e. The molecule has 0 aromatic carbocycles. The molecule has 0 N–H and O–H groups in total. The first-order valence-corrected chi connectivity index (χ1v) is 9.92. The Morgan fingerprint density at radius 3 is 2.08 bits per heavy atom. The Balaban J connectivity index is 2.53. The largest absolute Gasteiger partial charge is 0.424 e. The molecule has 0 aliphatic carbocycles. The normalized spacial score (nSPS) is 38.2.